The Bertz CT molecular complexity index is 2150. The summed E-state index contributed by atoms with van der Waals surface area (Å²) in [5.41, 5.74) is 0. The van der Waals surface area contributed by atoms with E-state index >= 15 is 0 Å². The maximum Gasteiger partial charge on any atom is 0.364 e. The highest BCUT2D eigenvalue weighted by Gasteiger charge is 2.60. The monoisotopic (exact) mass is 1520 g/mol. The molecule has 0 saturated carbocycles. The van der Waals surface area contributed by atoms with Gasteiger partial charge in [0.05, 0.1) is 50.7 Å². The molecule has 0 aromatic rings. The second-order valence-electron chi connectivity index (χ2n) is 31.4. The molecule has 3 rings (SSSR count). The summed E-state index contributed by atoms with van der Waals surface area (Å²) in [5, 5.41) is 136. The van der Waals surface area contributed by atoms with Gasteiger partial charge in [-0.2, -0.15) is 0 Å². The third-order valence-electron chi connectivity index (χ3n) is 22.0. The highest BCUT2D eigenvalue weighted by molar-refractivity contribution is 5.77. The second kappa shape index (κ2) is 62.0. The summed E-state index contributed by atoms with van der Waals surface area (Å²) in [4.78, 5) is 38.7. The topological polar surface area (TPSA) is 373 Å². The first-order valence-corrected chi connectivity index (χ1v) is 43.1. The average Bonchev–Trinajstić information content (AvgIpc) is 0.754. The van der Waals surface area contributed by atoms with Crippen LogP contribution in [-0.2, 0) is 42.8 Å². The number of nitrogens with one attached hydrogen (secondary N) is 2. The van der Waals surface area contributed by atoms with Gasteiger partial charge in [0.25, 0.3) is 5.79 Å². The van der Waals surface area contributed by atoms with Gasteiger partial charge in [0, 0.05) is 19.8 Å². The first-order valence-electron chi connectivity index (χ1n) is 43.1. The zero-order valence-corrected chi connectivity index (χ0v) is 66.3. The fraction of sp³-hybridized carbons (Fsp3) is 0.940. The van der Waals surface area contributed by atoms with Crippen LogP contribution >= 0.6 is 0 Å². The molecular weight excluding hydrogens is 1360 g/mol. The van der Waals surface area contributed by atoms with Gasteiger partial charge in [-0.1, -0.05) is 334 Å². The molecule has 0 aromatic carbocycles. The lowest BCUT2D eigenvalue weighted by Crippen LogP contribution is -2.70. The Labute approximate surface area is 639 Å². The lowest BCUT2D eigenvalue weighted by Gasteiger charge is -2.50. The number of unbranched alkanes of at least 4 members (excludes halogenated alkanes) is 49. The van der Waals surface area contributed by atoms with Crippen molar-refractivity contribution in [1.29, 1.82) is 0 Å². The van der Waals surface area contributed by atoms with Crippen LogP contribution in [-0.4, -0.2) is 215 Å². The molecular formula is C83H156N2O21. The predicted molar refractivity (Wildman–Crippen MR) is 412 cm³/mol. The molecule has 3 heterocycles. The Hall–Kier alpha value is -2.53. The summed E-state index contributed by atoms with van der Waals surface area (Å²) in [6, 6.07) is -2.61. The van der Waals surface area contributed by atoms with Crippen LogP contribution < -0.4 is 10.6 Å². The number of rotatable bonds is 69. The van der Waals surface area contributed by atoms with Crippen LogP contribution in [0, 0.1) is 0 Å². The molecule has 3 aliphatic rings. The Balaban J connectivity index is 1.37. The summed E-state index contributed by atoms with van der Waals surface area (Å²) in [7, 11) is 0. The highest BCUT2D eigenvalue weighted by Crippen LogP contribution is 2.39. The van der Waals surface area contributed by atoms with Gasteiger partial charge in [-0.25, -0.2) is 4.79 Å². The molecule has 0 aromatic heterocycles. The first-order chi connectivity index (χ1) is 51.4. The molecule has 0 aliphatic carbocycles. The van der Waals surface area contributed by atoms with Crippen molar-refractivity contribution in [2.45, 2.75) is 471 Å². The van der Waals surface area contributed by atoms with Crippen LogP contribution in [0.1, 0.15) is 361 Å². The van der Waals surface area contributed by atoms with Crippen molar-refractivity contribution in [3.63, 3.8) is 0 Å². The van der Waals surface area contributed by atoms with E-state index in [-0.39, 0.29) is 12.3 Å². The normalized spacial score (nSPS) is 26.1. The summed E-state index contributed by atoms with van der Waals surface area (Å²) >= 11 is 0. The maximum atomic E-state index is 13.5. The number of carboxylic acid groups (broad SMARTS) is 1. The Kier molecular flexibility index (Phi) is 57.1. The van der Waals surface area contributed by atoms with Crippen molar-refractivity contribution >= 4 is 17.8 Å². The number of hydrogen-bond acceptors (Lipinski definition) is 20. The molecule has 3 saturated heterocycles. The number of allylic oxidation sites excluding steroid dienone is 1. The first kappa shape index (κ1) is 97.7. The van der Waals surface area contributed by atoms with Crippen LogP contribution in [0.3, 0.4) is 0 Å². The molecule has 18 unspecified atom stereocenters. The van der Waals surface area contributed by atoms with Crippen molar-refractivity contribution in [1.82, 2.24) is 10.6 Å². The Morgan fingerprint density at radius 2 is 0.877 bits per heavy atom. The summed E-state index contributed by atoms with van der Waals surface area (Å²) in [6.07, 6.45) is 40.2. The molecule has 106 heavy (non-hydrogen) atoms. The molecule has 3 fully saturated rings. The van der Waals surface area contributed by atoms with Gasteiger partial charge in [0.15, 0.2) is 12.6 Å². The van der Waals surface area contributed by atoms with E-state index in [0.29, 0.717) is 12.8 Å². The molecule has 23 nitrogen and oxygen atoms in total. The van der Waals surface area contributed by atoms with E-state index in [2.05, 4.69) is 24.5 Å². The Morgan fingerprint density at radius 1 is 0.491 bits per heavy atom. The molecule has 0 radical (unpaired) electrons. The molecule has 14 N–H and O–H groups in total. The van der Waals surface area contributed by atoms with Crippen molar-refractivity contribution in [2.75, 3.05) is 26.4 Å². The number of hydrogen-bond donors (Lipinski definition) is 14. The minimum atomic E-state index is -3.08. The van der Waals surface area contributed by atoms with Gasteiger partial charge >= 0.3 is 5.97 Å². The van der Waals surface area contributed by atoms with Crippen LogP contribution in [0.4, 0.5) is 0 Å². The molecule has 0 bridgehead atoms. The highest BCUT2D eigenvalue weighted by atomic mass is 16.8. The van der Waals surface area contributed by atoms with Gasteiger partial charge < -0.3 is 100 Å². The van der Waals surface area contributed by atoms with E-state index in [0.717, 1.165) is 51.9 Å². The van der Waals surface area contributed by atoms with Crippen LogP contribution in [0.2, 0.25) is 0 Å². The van der Waals surface area contributed by atoms with Crippen LogP contribution in [0.25, 0.3) is 0 Å². The number of aliphatic carboxylic acids is 1. The smallest absolute Gasteiger partial charge is 0.364 e. The van der Waals surface area contributed by atoms with Gasteiger partial charge in [0.1, 0.15) is 67.1 Å². The number of carboxylic acids is 1. The van der Waals surface area contributed by atoms with Crippen molar-refractivity contribution in [3.8, 4) is 0 Å². The minimum absolute atomic E-state index is 0.206. The standard InChI is InChI=1S/C83H156N2O21/c1-4-6-8-10-12-14-16-18-19-20-21-22-23-24-25-26-27-28-29-30-31-32-33-34-35-36-37-38-39-40-41-42-43-45-47-49-51-53-55-57-70(93)85-64(65(90)56-54-52-50-48-46-44-17-15-13-11-9-7-5-2)62-101-80-75(97)74(96)77(69(61-88)103-80)104-81-76(98)79(73(95)68(60-87)102-81)106-83(82(99)100)58-66(91)71(84-63(3)89)78(105-83)72(94)67(92)59-86/h54,56,64-69,71-81,86-88,90-92,94-98H,4-53,55,57-62H2,1-3H3,(H,84,89)(H,85,93)(H,99,100)/b56-54+. The Morgan fingerprint density at radius 3 is 1.25 bits per heavy atom. The van der Waals surface area contributed by atoms with Gasteiger partial charge in [-0.15, -0.1) is 0 Å². The fourth-order valence-corrected chi connectivity index (χ4v) is 15.2. The third kappa shape index (κ3) is 41.3. The lowest BCUT2D eigenvalue weighted by atomic mass is 9.88. The molecule has 624 valence electrons. The molecule has 2 amide bonds. The van der Waals surface area contributed by atoms with Crippen molar-refractivity contribution < 1.29 is 104 Å². The fourth-order valence-electron chi connectivity index (χ4n) is 15.2. The van der Waals surface area contributed by atoms with Gasteiger partial charge in [-0.3, -0.25) is 9.59 Å². The second-order valence-corrected chi connectivity index (χ2v) is 31.4. The van der Waals surface area contributed by atoms with Crippen LogP contribution in [0.5, 0.6) is 0 Å². The quantitative estimate of drug-likeness (QED) is 0.0199. The van der Waals surface area contributed by atoms with E-state index in [9.17, 15) is 75.7 Å². The SMILES string of the molecule is CCCCCCCCCCCCC/C=C/C(O)C(COC1OC(CO)C(OC2OC(CO)C(O)C(OC3(C(=O)O)CC(O)C(NC(C)=O)C(C(O)C(O)CO)O3)C2O)C(O)C1O)NC(=O)CCCCCCCCCCCCCCCCCCCCCCCCCCCCCCCCCCCCCCCCC. The predicted octanol–water partition coefficient (Wildman–Crippen LogP) is 12.5. The number of carbonyl (C=O) groups excluding carboxylic acids is 2. The molecule has 3 aliphatic heterocycles. The van der Waals surface area contributed by atoms with Gasteiger partial charge in [-0.05, 0) is 19.3 Å². The lowest BCUT2D eigenvalue weighted by molar-refractivity contribution is -0.386. The number of aliphatic hydroxyl groups is 11. The largest absolute Gasteiger partial charge is 0.477 e. The van der Waals surface area contributed by atoms with Crippen LogP contribution in [0.15, 0.2) is 12.2 Å². The average molecular weight is 1520 g/mol. The third-order valence-corrected chi connectivity index (χ3v) is 22.0. The van der Waals surface area contributed by atoms with Gasteiger partial charge in [0.2, 0.25) is 11.8 Å². The zero-order chi connectivity index (χ0) is 77.4. The molecule has 23 heteroatoms. The van der Waals surface area contributed by atoms with E-state index < -0.39 is 155 Å². The van der Waals surface area contributed by atoms with E-state index in [1.54, 1.807) is 6.08 Å². The van der Waals surface area contributed by atoms with Crippen molar-refractivity contribution in [3.05, 3.63) is 12.2 Å². The van der Waals surface area contributed by atoms with Crippen molar-refractivity contribution in [2.24, 2.45) is 0 Å². The van der Waals surface area contributed by atoms with E-state index in [1.165, 1.54) is 270 Å². The number of ether oxygens (including phenoxy) is 6. The molecule has 0 spiro atoms. The summed E-state index contributed by atoms with van der Waals surface area (Å²) in [5.74, 6) is -6.13. The molecule has 18 atom stereocenters. The maximum absolute atomic E-state index is 13.5. The minimum Gasteiger partial charge on any atom is -0.477 e. The number of carbonyl (C=O) groups is 3. The van der Waals surface area contributed by atoms with E-state index in [1.807, 2.05) is 6.08 Å². The zero-order valence-electron chi connectivity index (χ0n) is 66.3. The number of amides is 2. The van der Waals surface area contributed by atoms with E-state index in [4.69, 9.17) is 28.4 Å². The summed E-state index contributed by atoms with van der Waals surface area (Å²) < 4.78 is 34.9. The summed E-state index contributed by atoms with van der Waals surface area (Å²) in [6.45, 7) is 2.17. The number of aliphatic hydroxyl groups excluding tert-OH is 11.